The highest BCUT2D eigenvalue weighted by molar-refractivity contribution is 5.91. The number of amides is 1. The quantitative estimate of drug-likeness (QED) is 0.705. The van der Waals surface area contributed by atoms with Gasteiger partial charge in [-0.15, -0.1) is 0 Å². The largest absolute Gasteiger partial charge is 0.310 e. The summed E-state index contributed by atoms with van der Waals surface area (Å²) in [7, 11) is 0. The third kappa shape index (κ3) is 2.06. The summed E-state index contributed by atoms with van der Waals surface area (Å²) in [5.74, 6) is 0. The highest BCUT2D eigenvalue weighted by Gasteiger charge is 2.16. The summed E-state index contributed by atoms with van der Waals surface area (Å²) in [4.78, 5) is 13.2. The van der Waals surface area contributed by atoms with E-state index in [1.165, 1.54) is 16.7 Å². The number of hydrogen-bond donors (Lipinski definition) is 0. The molecule has 1 aliphatic rings. The van der Waals surface area contributed by atoms with Gasteiger partial charge in [0.25, 0.3) is 0 Å². The first-order chi connectivity index (χ1) is 9.29. The van der Waals surface area contributed by atoms with Crippen molar-refractivity contribution in [1.82, 2.24) is 0 Å². The second kappa shape index (κ2) is 4.73. The normalized spacial score (nSPS) is 16.5. The number of nitrogens with zero attached hydrogens (tertiary/aromatic N) is 1. The molecule has 3 rings (SSSR count). The molecule has 94 valence electrons. The van der Waals surface area contributed by atoms with Crippen molar-refractivity contribution in [3.63, 3.8) is 0 Å². The molecule has 0 unspecified atom stereocenters. The van der Waals surface area contributed by atoms with Gasteiger partial charge in [0, 0.05) is 5.56 Å². The van der Waals surface area contributed by atoms with Crippen molar-refractivity contribution in [2.45, 2.75) is 13.5 Å². The smallest absolute Gasteiger partial charge is 0.214 e. The maximum absolute atomic E-state index is 11.4. The highest BCUT2D eigenvalue weighted by Crippen LogP contribution is 2.32. The van der Waals surface area contributed by atoms with E-state index in [0.717, 1.165) is 17.7 Å². The molecule has 0 aromatic heterocycles. The number of hydrogen-bond acceptors (Lipinski definition) is 1. The molecule has 0 fully saturated rings. The second-order valence-corrected chi connectivity index (χ2v) is 4.78. The average Bonchev–Trinajstić information content (AvgIpc) is 2.45. The van der Waals surface area contributed by atoms with Gasteiger partial charge < -0.3 is 4.90 Å². The van der Waals surface area contributed by atoms with Crippen LogP contribution in [0.25, 0.3) is 11.6 Å². The molecule has 0 radical (unpaired) electrons. The van der Waals surface area contributed by atoms with Crippen molar-refractivity contribution in [3.05, 3.63) is 65.2 Å². The number of carbonyl (C=O) groups excluding carboxylic acids is 1. The molecule has 0 saturated heterocycles. The first kappa shape index (κ1) is 11.7. The van der Waals surface area contributed by atoms with Crippen LogP contribution in [0.3, 0.4) is 0 Å². The van der Waals surface area contributed by atoms with Crippen LogP contribution in [0.2, 0.25) is 0 Å². The van der Waals surface area contributed by atoms with Gasteiger partial charge in [-0.05, 0) is 29.7 Å². The molecule has 2 aromatic carbocycles. The minimum Gasteiger partial charge on any atom is -0.310 e. The van der Waals surface area contributed by atoms with Crippen LogP contribution in [0.15, 0.2) is 48.5 Å². The summed E-state index contributed by atoms with van der Waals surface area (Å²) >= 11 is 0. The molecule has 1 aliphatic heterocycles. The van der Waals surface area contributed by atoms with Crippen LogP contribution in [-0.2, 0) is 11.3 Å². The Kier molecular flexibility index (Phi) is 2.92. The molecule has 1 heterocycles. The van der Waals surface area contributed by atoms with Crippen LogP contribution in [0.4, 0.5) is 5.69 Å². The van der Waals surface area contributed by atoms with E-state index in [1.807, 2.05) is 30.3 Å². The molecule has 1 amide bonds. The Morgan fingerprint density at radius 2 is 1.79 bits per heavy atom. The lowest BCUT2D eigenvalue weighted by molar-refractivity contribution is -0.107. The van der Waals surface area contributed by atoms with Crippen molar-refractivity contribution >= 4 is 23.7 Å². The van der Waals surface area contributed by atoms with E-state index in [0.29, 0.717) is 6.54 Å². The number of para-hydroxylation sites is 1. The summed E-state index contributed by atoms with van der Waals surface area (Å²) in [5, 5.41) is 0. The van der Waals surface area contributed by atoms with Crippen molar-refractivity contribution in [3.8, 4) is 0 Å². The molecule has 19 heavy (non-hydrogen) atoms. The summed E-state index contributed by atoms with van der Waals surface area (Å²) in [6.07, 6.45) is 3.10. The molecule has 0 spiro atoms. The van der Waals surface area contributed by atoms with Crippen LogP contribution < -0.4 is 4.90 Å². The molecule has 2 heteroatoms. The van der Waals surface area contributed by atoms with Gasteiger partial charge in [0.1, 0.15) is 0 Å². The maximum atomic E-state index is 11.4. The van der Waals surface area contributed by atoms with Gasteiger partial charge in [0.15, 0.2) is 0 Å². The molecule has 0 aliphatic carbocycles. The summed E-state index contributed by atoms with van der Waals surface area (Å²) < 4.78 is 0. The van der Waals surface area contributed by atoms with E-state index in [9.17, 15) is 4.79 Å². The molecule has 0 atom stereocenters. The van der Waals surface area contributed by atoms with Crippen molar-refractivity contribution in [2.24, 2.45) is 0 Å². The van der Waals surface area contributed by atoms with Gasteiger partial charge in [-0.3, -0.25) is 4.79 Å². The van der Waals surface area contributed by atoms with Crippen LogP contribution in [-0.4, -0.2) is 6.41 Å². The molecule has 0 N–H and O–H groups in total. The minimum atomic E-state index is 0.612. The van der Waals surface area contributed by atoms with Crippen LogP contribution in [0, 0.1) is 0 Å². The predicted molar refractivity (Wildman–Crippen MR) is 78.7 cm³/mol. The molecular weight excluding hydrogens is 234 g/mol. The number of rotatable bonds is 1. The number of allylic oxidation sites excluding steroid dienone is 1. The second-order valence-electron chi connectivity index (χ2n) is 4.78. The van der Waals surface area contributed by atoms with E-state index in [-0.39, 0.29) is 0 Å². The lowest BCUT2D eigenvalue weighted by Gasteiger charge is -2.24. The van der Waals surface area contributed by atoms with E-state index in [1.54, 1.807) is 4.90 Å². The van der Waals surface area contributed by atoms with Gasteiger partial charge in [0.2, 0.25) is 6.41 Å². The van der Waals surface area contributed by atoms with Crippen molar-refractivity contribution < 1.29 is 4.79 Å². The number of benzene rings is 2. The van der Waals surface area contributed by atoms with E-state index in [4.69, 9.17) is 0 Å². The first-order valence-corrected chi connectivity index (χ1v) is 6.37. The Labute approximate surface area is 113 Å². The number of anilines is 1. The van der Waals surface area contributed by atoms with E-state index in [2.05, 4.69) is 31.2 Å². The van der Waals surface area contributed by atoms with Crippen LogP contribution in [0.1, 0.15) is 23.6 Å². The zero-order valence-corrected chi connectivity index (χ0v) is 10.8. The maximum Gasteiger partial charge on any atom is 0.214 e. The zero-order valence-electron chi connectivity index (χ0n) is 10.8. The summed E-state index contributed by atoms with van der Waals surface area (Å²) in [5.41, 5.74) is 5.62. The SMILES string of the molecule is C/C1=C/c2ccccc2CN(C=O)c2ccccc21. The van der Waals surface area contributed by atoms with Gasteiger partial charge in [-0.1, -0.05) is 48.5 Å². The van der Waals surface area contributed by atoms with Gasteiger partial charge in [-0.2, -0.15) is 0 Å². The Morgan fingerprint density at radius 3 is 2.63 bits per heavy atom. The third-order valence-electron chi connectivity index (χ3n) is 3.53. The summed E-state index contributed by atoms with van der Waals surface area (Å²) in [6, 6.07) is 16.2. The van der Waals surface area contributed by atoms with Crippen molar-refractivity contribution in [2.75, 3.05) is 4.90 Å². The summed E-state index contributed by atoms with van der Waals surface area (Å²) in [6.45, 7) is 2.70. The third-order valence-corrected chi connectivity index (χ3v) is 3.53. The zero-order chi connectivity index (χ0) is 13.2. The number of fused-ring (bicyclic) bond motifs is 2. The predicted octanol–water partition coefficient (Wildman–Crippen LogP) is 3.72. The van der Waals surface area contributed by atoms with Crippen LogP contribution in [0.5, 0.6) is 0 Å². The fourth-order valence-corrected chi connectivity index (χ4v) is 2.55. The highest BCUT2D eigenvalue weighted by atomic mass is 16.1. The van der Waals surface area contributed by atoms with Gasteiger partial charge >= 0.3 is 0 Å². The molecule has 0 bridgehead atoms. The Balaban J connectivity index is 2.25. The fraction of sp³-hybridized carbons (Fsp3) is 0.118. The fourth-order valence-electron chi connectivity index (χ4n) is 2.55. The molecule has 2 nitrogen and oxygen atoms in total. The molecular formula is C17H15NO. The molecule has 0 saturated carbocycles. The average molecular weight is 249 g/mol. The Morgan fingerprint density at radius 1 is 1.05 bits per heavy atom. The Bertz CT molecular complexity index is 658. The lowest BCUT2D eigenvalue weighted by atomic mass is 9.96. The number of carbonyl (C=O) groups is 1. The monoisotopic (exact) mass is 249 g/mol. The lowest BCUT2D eigenvalue weighted by Crippen LogP contribution is -2.22. The first-order valence-electron chi connectivity index (χ1n) is 6.37. The van der Waals surface area contributed by atoms with Gasteiger partial charge in [-0.25, -0.2) is 0 Å². The topological polar surface area (TPSA) is 20.3 Å². The van der Waals surface area contributed by atoms with Crippen LogP contribution >= 0.6 is 0 Å². The van der Waals surface area contributed by atoms with Crippen molar-refractivity contribution in [1.29, 1.82) is 0 Å². The minimum absolute atomic E-state index is 0.612. The standard InChI is InChI=1S/C17H15NO/c1-13-10-14-6-2-3-7-15(14)11-18(12-19)17-9-5-4-8-16(13)17/h2-10,12H,11H2,1H3/b13-10-. The van der Waals surface area contributed by atoms with E-state index >= 15 is 0 Å². The molecule has 2 aromatic rings. The van der Waals surface area contributed by atoms with E-state index < -0.39 is 0 Å². The Hall–Kier alpha value is -2.35. The van der Waals surface area contributed by atoms with Gasteiger partial charge in [0.05, 0.1) is 12.2 Å².